The second-order valence-corrected chi connectivity index (χ2v) is 5.90. The zero-order valence-corrected chi connectivity index (χ0v) is 12.2. The molecule has 1 unspecified atom stereocenters. The highest BCUT2D eigenvalue weighted by atomic mass is 32.1. The quantitative estimate of drug-likeness (QED) is 0.877. The van der Waals surface area contributed by atoms with Gasteiger partial charge in [0.2, 0.25) is 5.91 Å². The molecule has 3 nitrogen and oxygen atoms in total. The van der Waals surface area contributed by atoms with Crippen LogP contribution >= 0.6 is 11.3 Å². The number of anilines is 2. The summed E-state index contributed by atoms with van der Waals surface area (Å²) in [5.41, 5.74) is 1.82. The SMILES string of the molecule is CC(=O)Nc1cccc(NC(C)c2ccc(C)s2)c1. The molecule has 0 aliphatic heterocycles. The van der Waals surface area contributed by atoms with Crippen molar-refractivity contribution in [2.24, 2.45) is 0 Å². The van der Waals surface area contributed by atoms with Gasteiger partial charge >= 0.3 is 0 Å². The van der Waals surface area contributed by atoms with E-state index < -0.39 is 0 Å². The van der Waals surface area contributed by atoms with Gasteiger partial charge in [0, 0.05) is 28.1 Å². The number of hydrogen-bond donors (Lipinski definition) is 2. The highest BCUT2D eigenvalue weighted by Crippen LogP contribution is 2.26. The number of hydrogen-bond acceptors (Lipinski definition) is 3. The summed E-state index contributed by atoms with van der Waals surface area (Å²) >= 11 is 1.80. The fourth-order valence-corrected chi connectivity index (χ4v) is 2.78. The molecule has 0 fully saturated rings. The van der Waals surface area contributed by atoms with Gasteiger partial charge in [-0.05, 0) is 44.2 Å². The average molecular weight is 274 g/mol. The van der Waals surface area contributed by atoms with Gasteiger partial charge in [-0.1, -0.05) is 6.07 Å². The van der Waals surface area contributed by atoms with E-state index in [0.29, 0.717) is 0 Å². The van der Waals surface area contributed by atoms with E-state index in [9.17, 15) is 4.79 Å². The van der Waals surface area contributed by atoms with Gasteiger partial charge in [-0.15, -0.1) is 11.3 Å². The number of rotatable bonds is 4. The molecule has 0 aliphatic rings. The first-order valence-corrected chi connectivity index (χ1v) is 7.07. The Morgan fingerprint density at radius 2 is 1.95 bits per heavy atom. The van der Waals surface area contributed by atoms with Gasteiger partial charge < -0.3 is 10.6 Å². The summed E-state index contributed by atoms with van der Waals surface area (Å²) in [6.07, 6.45) is 0. The Labute approximate surface area is 117 Å². The Morgan fingerprint density at radius 1 is 1.21 bits per heavy atom. The smallest absolute Gasteiger partial charge is 0.221 e. The van der Waals surface area contributed by atoms with Gasteiger partial charge in [0.05, 0.1) is 6.04 Å². The molecule has 2 N–H and O–H groups in total. The van der Waals surface area contributed by atoms with Crippen LogP contribution in [-0.4, -0.2) is 5.91 Å². The van der Waals surface area contributed by atoms with Crippen molar-refractivity contribution in [1.29, 1.82) is 0 Å². The van der Waals surface area contributed by atoms with Crippen molar-refractivity contribution >= 4 is 28.6 Å². The van der Waals surface area contributed by atoms with Crippen LogP contribution in [0, 0.1) is 6.92 Å². The van der Waals surface area contributed by atoms with Gasteiger partial charge in [0.1, 0.15) is 0 Å². The Kier molecular flexibility index (Phi) is 4.22. The maximum atomic E-state index is 11.0. The number of thiophene rings is 1. The number of carbonyl (C=O) groups excluding carboxylic acids is 1. The summed E-state index contributed by atoms with van der Waals surface area (Å²) in [6.45, 7) is 5.76. The molecule has 0 aliphatic carbocycles. The number of nitrogens with one attached hydrogen (secondary N) is 2. The third kappa shape index (κ3) is 3.83. The Balaban J connectivity index is 2.08. The highest BCUT2D eigenvalue weighted by molar-refractivity contribution is 7.12. The molecule has 0 bridgehead atoms. The minimum atomic E-state index is -0.0564. The molecule has 1 heterocycles. The van der Waals surface area contributed by atoms with E-state index in [0.717, 1.165) is 11.4 Å². The molecule has 0 spiro atoms. The van der Waals surface area contributed by atoms with E-state index in [1.54, 1.807) is 11.3 Å². The molecule has 1 amide bonds. The first kappa shape index (κ1) is 13.6. The van der Waals surface area contributed by atoms with Gasteiger partial charge in [-0.3, -0.25) is 4.79 Å². The van der Waals surface area contributed by atoms with Gasteiger partial charge in [-0.25, -0.2) is 0 Å². The van der Waals surface area contributed by atoms with Gasteiger partial charge in [-0.2, -0.15) is 0 Å². The van der Waals surface area contributed by atoms with Crippen LogP contribution in [-0.2, 0) is 4.79 Å². The zero-order chi connectivity index (χ0) is 13.8. The molecule has 0 saturated carbocycles. The monoisotopic (exact) mass is 274 g/mol. The second-order valence-electron chi connectivity index (χ2n) is 4.58. The van der Waals surface area contributed by atoms with Crippen LogP contribution < -0.4 is 10.6 Å². The lowest BCUT2D eigenvalue weighted by atomic mass is 10.2. The molecule has 2 aromatic rings. The summed E-state index contributed by atoms with van der Waals surface area (Å²) in [5.74, 6) is -0.0564. The molecule has 100 valence electrons. The van der Waals surface area contributed by atoms with E-state index in [1.807, 2.05) is 24.3 Å². The molecular weight excluding hydrogens is 256 g/mol. The van der Waals surface area contributed by atoms with Crippen LogP contribution in [0.2, 0.25) is 0 Å². The Hall–Kier alpha value is -1.81. The predicted molar refractivity (Wildman–Crippen MR) is 81.8 cm³/mol. The normalized spacial score (nSPS) is 11.9. The average Bonchev–Trinajstić information content (AvgIpc) is 2.75. The lowest BCUT2D eigenvalue weighted by Crippen LogP contribution is -2.07. The van der Waals surface area contributed by atoms with Crippen molar-refractivity contribution < 1.29 is 4.79 Å². The van der Waals surface area contributed by atoms with E-state index >= 15 is 0 Å². The lowest BCUT2D eigenvalue weighted by Gasteiger charge is -2.14. The Bertz CT molecular complexity index is 577. The minimum absolute atomic E-state index is 0.0564. The largest absolute Gasteiger partial charge is 0.378 e. The fraction of sp³-hybridized carbons (Fsp3) is 0.267. The zero-order valence-electron chi connectivity index (χ0n) is 11.4. The third-order valence-electron chi connectivity index (χ3n) is 2.75. The van der Waals surface area contributed by atoms with E-state index in [1.165, 1.54) is 16.7 Å². The minimum Gasteiger partial charge on any atom is -0.378 e. The molecule has 1 atom stereocenters. The summed E-state index contributed by atoms with van der Waals surface area (Å²) in [4.78, 5) is 13.7. The number of benzene rings is 1. The van der Waals surface area contributed by atoms with Crippen molar-refractivity contribution in [1.82, 2.24) is 0 Å². The van der Waals surface area contributed by atoms with E-state index in [4.69, 9.17) is 0 Å². The maximum absolute atomic E-state index is 11.0. The Morgan fingerprint density at radius 3 is 2.58 bits per heavy atom. The molecule has 0 saturated heterocycles. The number of carbonyl (C=O) groups is 1. The first-order valence-electron chi connectivity index (χ1n) is 6.25. The van der Waals surface area contributed by atoms with Crippen molar-refractivity contribution in [3.8, 4) is 0 Å². The van der Waals surface area contributed by atoms with Crippen molar-refractivity contribution in [3.05, 3.63) is 46.2 Å². The van der Waals surface area contributed by atoms with E-state index in [2.05, 4.69) is 36.6 Å². The lowest BCUT2D eigenvalue weighted by molar-refractivity contribution is -0.114. The van der Waals surface area contributed by atoms with Crippen molar-refractivity contribution in [2.75, 3.05) is 10.6 Å². The standard InChI is InChI=1S/C15H18N2OS/c1-10-7-8-15(19-10)11(2)16-13-5-4-6-14(9-13)17-12(3)18/h4-9,11,16H,1-3H3,(H,17,18). The second kappa shape index (κ2) is 5.89. The van der Waals surface area contributed by atoms with Gasteiger partial charge in [0.25, 0.3) is 0 Å². The summed E-state index contributed by atoms with van der Waals surface area (Å²) in [5, 5.41) is 6.23. The first-order chi connectivity index (χ1) is 9.04. The van der Waals surface area contributed by atoms with Crippen LogP contribution in [0.3, 0.4) is 0 Å². The number of aryl methyl sites for hydroxylation is 1. The molecule has 1 aromatic carbocycles. The topological polar surface area (TPSA) is 41.1 Å². The molecule has 4 heteroatoms. The predicted octanol–water partition coefficient (Wildman–Crippen LogP) is 4.19. The van der Waals surface area contributed by atoms with Crippen molar-refractivity contribution in [2.45, 2.75) is 26.8 Å². The summed E-state index contributed by atoms with van der Waals surface area (Å²) in [7, 11) is 0. The number of amides is 1. The maximum Gasteiger partial charge on any atom is 0.221 e. The molecule has 0 radical (unpaired) electrons. The van der Waals surface area contributed by atoms with Crippen LogP contribution in [0.5, 0.6) is 0 Å². The van der Waals surface area contributed by atoms with Crippen LogP contribution in [0.1, 0.15) is 29.6 Å². The molecule has 19 heavy (non-hydrogen) atoms. The van der Waals surface area contributed by atoms with Crippen LogP contribution in [0.15, 0.2) is 36.4 Å². The molecule has 2 rings (SSSR count). The highest BCUT2D eigenvalue weighted by Gasteiger charge is 2.07. The van der Waals surface area contributed by atoms with Crippen LogP contribution in [0.4, 0.5) is 11.4 Å². The fourth-order valence-electron chi connectivity index (χ4n) is 1.90. The van der Waals surface area contributed by atoms with E-state index in [-0.39, 0.29) is 11.9 Å². The summed E-state index contributed by atoms with van der Waals surface area (Å²) < 4.78 is 0. The third-order valence-corrected chi connectivity index (χ3v) is 3.94. The summed E-state index contributed by atoms with van der Waals surface area (Å²) in [6, 6.07) is 12.3. The molecular formula is C15H18N2OS. The van der Waals surface area contributed by atoms with Crippen molar-refractivity contribution in [3.63, 3.8) is 0 Å². The van der Waals surface area contributed by atoms with Crippen LogP contribution in [0.25, 0.3) is 0 Å². The molecule has 1 aromatic heterocycles. The van der Waals surface area contributed by atoms with Gasteiger partial charge in [0.15, 0.2) is 0 Å².